The molecule has 0 aromatic heterocycles. The maximum absolute atomic E-state index is 12.5. The maximum atomic E-state index is 12.5. The molecule has 3 aliphatic rings. The Morgan fingerprint density at radius 2 is 1.81 bits per heavy atom. The fraction of sp³-hybridized carbons (Fsp3) is 0.941. The molecule has 3 atom stereocenters. The number of halogens is 1. The van der Waals surface area contributed by atoms with Gasteiger partial charge in [-0.15, -0.1) is 12.4 Å². The van der Waals surface area contributed by atoms with Gasteiger partial charge in [-0.2, -0.15) is 0 Å². The Bertz CT molecular complexity index is 375. The normalized spacial score (nSPS) is 35.4. The monoisotopic (exact) mass is 314 g/mol. The molecule has 122 valence electrons. The van der Waals surface area contributed by atoms with Crippen LogP contribution in [0.4, 0.5) is 0 Å². The first kappa shape index (κ1) is 17.1. The number of rotatable bonds is 2. The highest BCUT2D eigenvalue weighted by atomic mass is 35.5. The smallest absolute Gasteiger partial charge is 0.222 e. The van der Waals surface area contributed by atoms with Crippen molar-refractivity contribution >= 4 is 18.3 Å². The molecular weight excluding hydrogens is 284 g/mol. The first-order valence-corrected chi connectivity index (χ1v) is 8.48. The number of amides is 1. The average molecular weight is 315 g/mol. The molecule has 3 unspecified atom stereocenters. The molecule has 1 aliphatic heterocycles. The summed E-state index contributed by atoms with van der Waals surface area (Å²) in [5, 5.41) is 0. The quantitative estimate of drug-likeness (QED) is 0.850. The molecule has 3 nitrogen and oxygen atoms in total. The van der Waals surface area contributed by atoms with Crippen LogP contribution in [0.3, 0.4) is 0 Å². The van der Waals surface area contributed by atoms with E-state index in [2.05, 4.69) is 18.7 Å². The molecule has 2 saturated carbocycles. The van der Waals surface area contributed by atoms with E-state index in [1.807, 2.05) is 0 Å². The summed E-state index contributed by atoms with van der Waals surface area (Å²) in [6.07, 6.45) is 8.20. The molecular formula is C17H31ClN2O. The van der Waals surface area contributed by atoms with Gasteiger partial charge in [0.25, 0.3) is 0 Å². The zero-order valence-electron chi connectivity index (χ0n) is 13.5. The molecule has 21 heavy (non-hydrogen) atoms. The van der Waals surface area contributed by atoms with Gasteiger partial charge < -0.3 is 10.6 Å². The van der Waals surface area contributed by atoms with Gasteiger partial charge in [-0.1, -0.05) is 13.8 Å². The number of carbonyl (C=O) groups is 1. The maximum Gasteiger partial charge on any atom is 0.222 e. The minimum absolute atomic E-state index is 0. The molecule has 0 aromatic rings. The average Bonchev–Trinajstić information content (AvgIpc) is 2.95. The summed E-state index contributed by atoms with van der Waals surface area (Å²) in [6, 6.07) is 0.341. The van der Waals surface area contributed by atoms with Gasteiger partial charge in [0.1, 0.15) is 0 Å². The lowest BCUT2D eigenvalue weighted by atomic mass is 9.72. The zero-order chi connectivity index (χ0) is 14.3. The van der Waals surface area contributed by atoms with Crippen LogP contribution < -0.4 is 5.73 Å². The lowest BCUT2D eigenvalue weighted by Gasteiger charge is -2.34. The van der Waals surface area contributed by atoms with Crippen molar-refractivity contribution < 1.29 is 4.79 Å². The standard InChI is InChI=1S/C17H30N2O.ClH/c1-17(2)7-5-12(6-8-17)9-16(20)19-10-13-3-4-15(18)14(13)11-19;/h12-15H,3-11,18H2,1-2H3;1H. The summed E-state index contributed by atoms with van der Waals surface area (Å²) in [5.74, 6) is 2.31. The van der Waals surface area contributed by atoms with Gasteiger partial charge in [-0.3, -0.25) is 4.79 Å². The Morgan fingerprint density at radius 3 is 2.43 bits per heavy atom. The predicted molar refractivity (Wildman–Crippen MR) is 88.4 cm³/mol. The van der Waals surface area contributed by atoms with Crippen LogP contribution >= 0.6 is 12.4 Å². The lowest BCUT2D eigenvalue weighted by molar-refractivity contribution is -0.131. The third-order valence-corrected chi connectivity index (χ3v) is 6.19. The van der Waals surface area contributed by atoms with Crippen LogP contribution in [0.25, 0.3) is 0 Å². The Balaban J connectivity index is 0.00000161. The highest BCUT2D eigenvalue weighted by molar-refractivity contribution is 5.85. The Morgan fingerprint density at radius 1 is 1.14 bits per heavy atom. The lowest BCUT2D eigenvalue weighted by Crippen LogP contribution is -2.35. The van der Waals surface area contributed by atoms with E-state index < -0.39 is 0 Å². The first-order valence-electron chi connectivity index (χ1n) is 8.48. The highest BCUT2D eigenvalue weighted by Crippen LogP contribution is 2.41. The van der Waals surface area contributed by atoms with Crippen LogP contribution in [0.2, 0.25) is 0 Å². The van der Waals surface area contributed by atoms with Gasteiger partial charge in [0.05, 0.1) is 0 Å². The fourth-order valence-electron chi connectivity index (χ4n) is 4.55. The number of hydrogen-bond donors (Lipinski definition) is 1. The topological polar surface area (TPSA) is 46.3 Å². The SMILES string of the molecule is CC1(C)CCC(CC(=O)N2CC3CCC(N)C3C2)CC1.Cl. The van der Waals surface area contributed by atoms with Gasteiger partial charge in [0, 0.05) is 25.6 Å². The van der Waals surface area contributed by atoms with Gasteiger partial charge in [-0.05, 0) is 61.7 Å². The summed E-state index contributed by atoms with van der Waals surface area (Å²) in [5.41, 5.74) is 6.66. The second-order valence-corrected chi connectivity index (χ2v) is 8.28. The predicted octanol–water partition coefficient (Wildman–Crippen LogP) is 3.21. The second kappa shape index (κ2) is 6.45. The molecule has 0 aromatic carbocycles. The molecule has 0 spiro atoms. The number of nitrogens with two attached hydrogens (primary N) is 1. The molecule has 1 saturated heterocycles. The van der Waals surface area contributed by atoms with E-state index in [4.69, 9.17) is 5.73 Å². The highest BCUT2D eigenvalue weighted by Gasteiger charge is 2.42. The summed E-state index contributed by atoms with van der Waals surface area (Å²) in [7, 11) is 0. The van der Waals surface area contributed by atoms with Crippen LogP contribution in [-0.4, -0.2) is 29.9 Å². The molecule has 4 heteroatoms. The molecule has 0 radical (unpaired) electrons. The third-order valence-electron chi connectivity index (χ3n) is 6.19. The van der Waals surface area contributed by atoms with E-state index in [0.29, 0.717) is 35.1 Å². The molecule has 2 N–H and O–H groups in total. The largest absolute Gasteiger partial charge is 0.342 e. The van der Waals surface area contributed by atoms with Crippen molar-refractivity contribution in [2.75, 3.05) is 13.1 Å². The second-order valence-electron chi connectivity index (χ2n) is 8.28. The van der Waals surface area contributed by atoms with E-state index in [0.717, 1.165) is 25.9 Å². The van der Waals surface area contributed by atoms with Gasteiger partial charge in [-0.25, -0.2) is 0 Å². The van der Waals surface area contributed by atoms with Gasteiger partial charge in [0.15, 0.2) is 0 Å². The van der Waals surface area contributed by atoms with Crippen LogP contribution in [0.15, 0.2) is 0 Å². The van der Waals surface area contributed by atoms with Gasteiger partial charge in [0.2, 0.25) is 5.91 Å². The number of likely N-dealkylation sites (tertiary alicyclic amines) is 1. The van der Waals surface area contributed by atoms with E-state index in [9.17, 15) is 4.79 Å². The fourth-order valence-corrected chi connectivity index (χ4v) is 4.55. The van der Waals surface area contributed by atoms with Crippen molar-refractivity contribution in [1.29, 1.82) is 0 Å². The molecule has 0 bridgehead atoms. The molecule has 2 aliphatic carbocycles. The molecule has 1 amide bonds. The minimum Gasteiger partial charge on any atom is -0.342 e. The van der Waals surface area contributed by atoms with Crippen molar-refractivity contribution in [2.24, 2.45) is 28.9 Å². The third kappa shape index (κ3) is 3.73. The van der Waals surface area contributed by atoms with Crippen LogP contribution in [-0.2, 0) is 4.79 Å². The Hall–Kier alpha value is -0.280. The number of hydrogen-bond acceptors (Lipinski definition) is 2. The Labute approximate surface area is 135 Å². The number of nitrogens with zero attached hydrogens (tertiary/aromatic N) is 1. The minimum atomic E-state index is 0. The van der Waals surface area contributed by atoms with Gasteiger partial charge >= 0.3 is 0 Å². The molecule has 3 fully saturated rings. The van der Waals surface area contributed by atoms with Crippen molar-refractivity contribution in [2.45, 2.75) is 64.8 Å². The molecule has 3 rings (SSSR count). The van der Waals surface area contributed by atoms with Crippen molar-refractivity contribution in [3.63, 3.8) is 0 Å². The summed E-state index contributed by atoms with van der Waals surface area (Å²) < 4.78 is 0. The van der Waals surface area contributed by atoms with Crippen molar-refractivity contribution in [3.8, 4) is 0 Å². The van der Waals surface area contributed by atoms with Crippen LogP contribution in [0, 0.1) is 23.2 Å². The first-order chi connectivity index (χ1) is 9.44. The van der Waals surface area contributed by atoms with Crippen molar-refractivity contribution in [1.82, 2.24) is 4.90 Å². The van der Waals surface area contributed by atoms with E-state index in [1.54, 1.807) is 0 Å². The van der Waals surface area contributed by atoms with E-state index >= 15 is 0 Å². The Kier molecular flexibility index (Phi) is 5.25. The number of fused-ring (bicyclic) bond motifs is 1. The summed E-state index contributed by atoms with van der Waals surface area (Å²) in [4.78, 5) is 14.6. The molecule has 1 heterocycles. The van der Waals surface area contributed by atoms with E-state index in [1.165, 1.54) is 32.1 Å². The summed E-state index contributed by atoms with van der Waals surface area (Å²) >= 11 is 0. The van der Waals surface area contributed by atoms with Crippen molar-refractivity contribution in [3.05, 3.63) is 0 Å². The summed E-state index contributed by atoms with van der Waals surface area (Å²) in [6.45, 7) is 6.63. The zero-order valence-corrected chi connectivity index (χ0v) is 14.3. The number of carbonyl (C=O) groups excluding carboxylic acids is 1. The van der Waals surface area contributed by atoms with E-state index in [-0.39, 0.29) is 12.4 Å². The van der Waals surface area contributed by atoms with Crippen LogP contribution in [0.1, 0.15) is 58.8 Å². The van der Waals surface area contributed by atoms with Crippen LogP contribution in [0.5, 0.6) is 0 Å².